The molecule has 2 aromatic heterocycles. The third kappa shape index (κ3) is 1.96. The van der Waals surface area contributed by atoms with Gasteiger partial charge in [0.2, 0.25) is 0 Å². The number of pyridine rings is 1. The highest BCUT2D eigenvalue weighted by Gasteiger charge is 2.31. The number of fused-ring (bicyclic) bond motifs is 1. The van der Waals surface area contributed by atoms with E-state index in [2.05, 4.69) is 10.3 Å². The topological polar surface area (TPSA) is 29.3 Å². The van der Waals surface area contributed by atoms with Crippen molar-refractivity contribution in [2.24, 2.45) is 0 Å². The molecule has 1 unspecified atom stereocenters. The number of imidazole rings is 1. The summed E-state index contributed by atoms with van der Waals surface area (Å²) in [7, 11) is 0. The lowest BCUT2D eigenvalue weighted by atomic mass is 10.1. The lowest BCUT2D eigenvalue weighted by Gasteiger charge is -2.05. The highest BCUT2D eigenvalue weighted by atomic mass is 19.4. The fourth-order valence-corrected chi connectivity index (χ4v) is 2.28. The van der Waals surface area contributed by atoms with E-state index in [1.54, 1.807) is 6.20 Å². The van der Waals surface area contributed by atoms with Crippen LogP contribution in [-0.2, 0) is 6.18 Å². The second-order valence-electron chi connectivity index (χ2n) is 4.54. The maximum absolute atomic E-state index is 12.6. The average molecular weight is 255 g/mol. The van der Waals surface area contributed by atoms with Gasteiger partial charge in [-0.25, -0.2) is 4.98 Å². The Kier molecular flexibility index (Phi) is 2.55. The van der Waals surface area contributed by atoms with Gasteiger partial charge in [-0.3, -0.25) is 0 Å². The molecule has 2 aromatic rings. The predicted molar refractivity (Wildman–Crippen MR) is 60.4 cm³/mol. The number of hydrogen-bond donors (Lipinski definition) is 1. The van der Waals surface area contributed by atoms with Gasteiger partial charge in [-0.05, 0) is 25.1 Å². The summed E-state index contributed by atoms with van der Waals surface area (Å²) < 4.78 is 39.2. The van der Waals surface area contributed by atoms with Crippen molar-refractivity contribution in [2.45, 2.75) is 18.5 Å². The Balaban J connectivity index is 2.01. The minimum absolute atomic E-state index is 0.305. The van der Waals surface area contributed by atoms with Crippen molar-refractivity contribution in [3.8, 4) is 0 Å². The number of rotatable bonds is 1. The van der Waals surface area contributed by atoms with Crippen LogP contribution in [0.2, 0.25) is 0 Å². The molecule has 1 saturated heterocycles. The quantitative estimate of drug-likeness (QED) is 0.848. The van der Waals surface area contributed by atoms with Crippen molar-refractivity contribution in [3.63, 3.8) is 0 Å². The van der Waals surface area contributed by atoms with Crippen LogP contribution in [-0.4, -0.2) is 22.5 Å². The lowest BCUT2D eigenvalue weighted by Crippen LogP contribution is -2.08. The van der Waals surface area contributed by atoms with E-state index in [1.807, 2.05) is 0 Å². The Morgan fingerprint density at radius 1 is 1.28 bits per heavy atom. The first kappa shape index (κ1) is 11.5. The van der Waals surface area contributed by atoms with E-state index in [-0.39, 0.29) is 0 Å². The van der Waals surface area contributed by atoms with Crippen molar-refractivity contribution in [3.05, 3.63) is 35.8 Å². The second-order valence-corrected chi connectivity index (χ2v) is 4.54. The SMILES string of the molecule is FC(F)(F)c1ccc2nc(C3CCNC3)cn2c1. The van der Waals surface area contributed by atoms with Gasteiger partial charge < -0.3 is 9.72 Å². The average Bonchev–Trinajstić information content (AvgIpc) is 2.95. The largest absolute Gasteiger partial charge is 0.417 e. The Hall–Kier alpha value is -1.56. The summed E-state index contributed by atoms with van der Waals surface area (Å²) >= 11 is 0. The van der Waals surface area contributed by atoms with Crippen LogP contribution in [0, 0.1) is 0 Å². The Labute approximate surface area is 102 Å². The zero-order chi connectivity index (χ0) is 12.8. The van der Waals surface area contributed by atoms with E-state index < -0.39 is 11.7 Å². The molecular weight excluding hydrogens is 243 g/mol. The number of nitrogens with one attached hydrogen (secondary N) is 1. The molecule has 1 atom stereocenters. The van der Waals surface area contributed by atoms with Gasteiger partial charge in [0.1, 0.15) is 5.65 Å². The van der Waals surface area contributed by atoms with E-state index in [0.29, 0.717) is 11.6 Å². The maximum atomic E-state index is 12.6. The monoisotopic (exact) mass is 255 g/mol. The summed E-state index contributed by atoms with van der Waals surface area (Å²) in [6, 6.07) is 2.48. The highest BCUT2D eigenvalue weighted by Crippen LogP contribution is 2.30. The minimum atomic E-state index is -4.31. The van der Waals surface area contributed by atoms with Crippen LogP contribution in [0.15, 0.2) is 24.5 Å². The standard InChI is InChI=1S/C12H12F3N3/c13-12(14,15)9-1-2-11-17-10(7-18(11)6-9)8-3-4-16-5-8/h1-2,6-8,16H,3-5H2. The van der Waals surface area contributed by atoms with Crippen molar-refractivity contribution in [1.29, 1.82) is 0 Å². The van der Waals surface area contributed by atoms with E-state index in [4.69, 9.17) is 0 Å². The molecular formula is C12H12F3N3. The van der Waals surface area contributed by atoms with Gasteiger partial charge in [0, 0.05) is 24.9 Å². The van der Waals surface area contributed by atoms with Gasteiger partial charge in [0.05, 0.1) is 11.3 Å². The molecule has 0 aromatic carbocycles. The lowest BCUT2D eigenvalue weighted by molar-refractivity contribution is -0.137. The molecule has 0 saturated carbocycles. The normalized spacial score (nSPS) is 20.7. The number of hydrogen-bond acceptors (Lipinski definition) is 2. The van der Waals surface area contributed by atoms with Gasteiger partial charge in [-0.2, -0.15) is 13.2 Å². The minimum Gasteiger partial charge on any atom is -0.316 e. The van der Waals surface area contributed by atoms with E-state index in [0.717, 1.165) is 37.5 Å². The third-order valence-corrected chi connectivity index (χ3v) is 3.28. The molecule has 0 radical (unpaired) electrons. The van der Waals surface area contributed by atoms with Crippen molar-refractivity contribution in [1.82, 2.24) is 14.7 Å². The second kappa shape index (κ2) is 3.98. The number of halogens is 3. The van der Waals surface area contributed by atoms with Crippen LogP contribution in [0.3, 0.4) is 0 Å². The summed E-state index contributed by atoms with van der Waals surface area (Å²) in [5.74, 6) is 0.305. The molecule has 1 aliphatic heterocycles. The Morgan fingerprint density at radius 3 is 2.78 bits per heavy atom. The first-order valence-corrected chi connectivity index (χ1v) is 5.80. The van der Waals surface area contributed by atoms with Crippen LogP contribution in [0.4, 0.5) is 13.2 Å². The fourth-order valence-electron chi connectivity index (χ4n) is 2.28. The summed E-state index contributed by atoms with van der Waals surface area (Å²) in [6.07, 6.45) is -0.542. The predicted octanol–water partition coefficient (Wildman–Crippen LogP) is 2.43. The van der Waals surface area contributed by atoms with Gasteiger partial charge in [-0.15, -0.1) is 0 Å². The van der Waals surface area contributed by atoms with Crippen LogP contribution >= 0.6 is 0 Å². The number of aromatic nitrogens is 2. The van der Waals surface area contributed by atoms with E-state index in [9.17, 15) is 13.2 Å². The smallest absolute Gasteiger partial charge is 0.316 e. The molecule has 3 nitrogen and oxygen atoms in total. The number of nitrogens with zero attached hydrogens (tertiary/aromatic N) is 2. The zero-order valence-electron chi connectivity index (χ0n) is 9.54. The fraction of sp³-hybridized carbons (Fsp3) is 0.417. The third-order valence-electron chi connectivity index (χ3n) is 3.28. The van der Waals surface area contributed by atoms with Gasteiger partial charge in [0.15, 0.2) is 0 Å². The molecule has 3 rings (SSSR count). The summed E-state index contributed by atoms with van der Waals surface area (Å²) in [4.78, 5) is 4.37. The highest BCUT2D eigenvalue weighted by molar-refractivity contribution is 5.42. The van der Waals surface area contributed by atoms with Crippen LogP contribution < -0.4 is 5.32 Å². The van der Waals surface area contributed by atoms with Crippen molar-refractivity contribution >= 4 is 5.65 Å². The molecule has 0 amide bonds. The molecule has 0 aliphatic carbocycles. The van der Waals surface area contributed by atoms with Gasteiger partial charge >= 0.3 is 6.18 Å². The molecule has 1 N–H and O–H groups in total. The molecule has 0 bridgehead atoms. The van der Waals surface area contributed by atoms with E-state index >= 15 is 0 Å². The Morgan fingerprint density at radius 2 is 2.11 bits per heavy atom. The van der Waals surface area contributed by atoms with Crippen LogP contribution in [0.25, 0.3) is 5.65 Å². The molecule has 18 heavy (non-hydrogen) atoms. The van der Waals surface area contributed by atoms with Crippen molar-refractivity contribution < 1.29 is 13.2 Å². The molecule has 96 valence electrons. The zero-order valence-corrected chi connectivity index (χ0v) is 9.54. The van der Waals surface area contributed by atoms with E-state index in [1.165, 1.54) is 10.5 Å². The summed E-state index contributed by atoms with van der Waals surface area (Å²) in [6.45, 7) is 1.78. The maximum Gasteiger partial charge on any atom is 0.417 e. The Bertz CT molecular complexity index is 567. The van der Waals surface area contributed by atoms with Crippen LogP contribution in [0.1, 0.15) is 23.6 Å². The van der Waals surface area contributed by atoms with Gasteiger partial charge in [0.25, 0.3) is 0 Å². The first-order chi connectivity index (χ1) is 8.54. The molecule has 1 aliphatic rings. The summed E-state index contributed by atoms with van der Waals surface area (Å²) in [5, 5.41) is 3.22. The van der Waals surface area contributed by atoms with Crippen LogP contribution in [0.5, 0.6) is 0 Å². The molecule has 3 heterocycles. The first-order valence-electron chi connectivity index (χ1n) is 5.80. The summed E-state index contributed by atoms with van der Waals surface area (Å²) in [5.41, 5.74) is 0.771. The molecule has 0 spiro atoms. The van der Waals surface area contributed by atoms with Gasteiger partial charge in [-0.1, -0.05) is 0 Å². The molecule has 1 fully saturated rings. The number of alkyl halides is 3. The van der Waals surface area contributed by atoms with Crippen molar-refractivity contribution in [2.75, 3.05) is 13.1 Å². The molecule has 6 heteroatoms.